The second kappa shape index (κ2) is 5.91. The molecule has 0 rings (SSSR count). The molecule has 0 aliphatic rings. The summed E-state index contributed by atoms with van der Waals surface area (Å²) in [4.78, 5) is 22.7. The lowest BCUT2D eigenvalue weighted by atomic mass is 9.95. The zero-order valence-electron chi connectivity index (χ0n) is 9.54. The third kappa shape index (κ3) is 4.51. The van der Waals surface area contributed by atoms with Gasteiger partial charge < -0.3 is 5.73 Å². The van der Waals surface area contributed by atoms with Crippen LogP contribution in [-0.4, -0.2) is 17.6 Å². The maximum Gasteiger partial charge on any atom is 0.152 e. The molecule has 0 spiro atoms. The van der Waals surface area contributed by atoms with Gasteiger partial charge in [0.15, 0.2) is 5.78 Å². The van der Waals surface area contributed by atoms with Gasteiger partial charge in [-0.2, -0.15) is 0 Å². The van der Waals surface area contributed by atoms with Crippen molar-refractivity contribution < 1.29 is 9.59 Å². The highest BCUT2D eigenvalue weighted by Gasteiger charge is 2.18. The molecule has 1 unspecified atom stereocenters. The molecule has 1 atom stereocenters. The van der Waals surface area contributed by atoms with E-state index in [2.05, 4.69) is 0 Å². The highest BCUT2D eigenvalue weighted by Crippen LogP contribution is 2.07. The molecule has 3 nitrogen and oxygen atoms in total. The first-order valence-corrected chi connectivity index (χ1v) is 5.18. The molecule has 0 radical (unpaired) electrons. The van der Waals surface area contributed by atoms with E-state index in [4.69, 9.17) is 5.73 Å². The Balaban J connectivity index is 3.91. The van der Waals surface area contributed by atoms with Crippen molar-refractivity contribution in [3.05, 3.63) is 0 Å². The topological polar surface area (TPSA) is 60.2 Å². The van der Waals surface area contributed by atoms with E-state index in [1.54, 1.807) is 0 Å². The molecular weight excluding hydrogens is 178 g/mol. The number of hydrogen-bond donors (Lipinski definition) is 1. The van der Waals surface area contributed by atoms with Crippen molar-refractivity contribution in [3.8, 4) is 0 Å². The number of Topliss-reactive ketones (excluding diaryl/α,β-unsaturated/α-hetero) is 2. The van der Waals surface area contributed by atoms with E-state index in [0.29, 0.717) is 12.8 Å². The summed E-state index contributed by atoms with van der Waals surface area (Å²) in [5.41, 5.74) is 5.66. The lowest BCUT2D eigenvalue weighted by Crippen LogP contribution is -2.34. The van der Waals surface area contributed by atoms with Crippen LogP contribution in [0.3, 0.4) is 0 Å². The molecule has 0 aromatic rings. The minimum atomic E-state index is -0.474. The predicted molar refractivity (Wildman–Crippen MR) is 56.9 cm³/mol. The Hall–Kier alpha value is -0.700. The largest absolute Gasteiger partial charge is 0.321 e. The van der Waals surface area contributed by atoms with Gasteiger partial charge in [-0.1, -0.05) is 27.7 Å². The molecule has 2 N–H and O–H groups in total. The molecule has 0 aliphatic heterocycles. The number of hydrogen-bond acceptors (Lipinski definition) is 3. The van der Waals surface area contributed by atoms with E-state index in [9.17, 15) is 9.59 Å². The molecule has 14 heavy (non-hydrogen) atoms. The molecule has 3 heteroatoms. The van der Waals surface area contributed by atoms with Crippen LogP contribution in [-0.2, 0) is 9.59 Å². The van der Waals surface area contributed by atoms with Gasteiger partial charge >= 0.3 is 0 Å². The fourth-order valence-corrected chi connectivity index (χ4v) is 1.16. The Labute approximate surface area is 86.1 Å². The summed E-state index contributed by atoms with van der Waals surface area (Å²) < 4.78 is 0. The minimum absolute atomic E-state index is 0.0383. The van der Waals surface area contributed by atoms with Crippen LogP contribution in [0.4, 0.5) is 0 Å². The molecular formula is C11H21NO2. The molecule has 0 amide bonds. The third-order valence-corrected chi connectivity index (χ3v) is 2.28. The van der Waals surface area contributed by atoms with E-state index < -0.39 is 6.04 Å². The van der Waals surface area contributed by atoms with Gasteiger partial charge in [0.25, 0.3) is 0 Å². The van der Waals surface area contributed by atoms with E-state index in [-0.39, 0.29) is 23.4 Å². The van der Waals surface area contributed by atoms with Crippen LogP contribution >= 0.6 is 0 Å². The Morgan fingerprint density at radius 1 is 1.07 bits per heavy atom. The minimum Gasteiger partial charge on any atom is -0.321 e. The fourth-order valence-electron chi connectivity index (χ4n) is 1.16. The molecule has 0 aromatic carbocycles. The van der Waals surface area contributed by atoms with Crippen molar-refractivity contribution in [2.24, 2.45) is 17.6 Å². The molecule has 0 bridgehead atoms. The van der Waals surface area contributed by atoms with Gasteiger partial charge in [-0.05, 0) is 6.42 Å². The van der Waals surface area contributed by atoms with Crippen molar-refractivity contribution in [3.63, 3.8) is 0 Å². The summed E-state index contributed by atoms with van der Waals surface area (Å²) in [5, 5.41) is 0. The second-order valence-corrected chi connectivity index (χ2v) is 4.32. The van der Waals surface area contributed by atoms with Gasteiger partial charge in [0, 0.05) is 18.3 Å². The monoisotopic (exact) mass is 199 g/mol. The van der Waals surface area contributed by atoms with Gasteiger partial charge in [-0.25, -0.2) is 0 Å². The molecule has 0 saturated carbocycles. The maximum absolute atomic E-state index is 11.4. The van der Waals surface area contributed by atoms with Crippen molar-refractivity contribution in [1.29, 1.82) is 0 Å². The van der Waals surface area contributed by atoms with Gasteiger partial charge in [0.05, 0.1) is 6.04 Å². The predicted octanol–water partition coefficient (Wildman–Crippen LogP) is 1.54. The summed E-state index contributed by atoms with van der Waals surface area (Å²) >= 11 is 0. The van der Waals surface area contributed by atoms with E-state index >= 15 is 0 Å². The zero-order chi connectivity index (χ0) is 11.3. The standard InChI is InChI=1S/C11H21NO2/c1-7(2)10(13)6-5-9(12)11(14)8(3)4/h7-9H,5-6,12H2,1-4H3. The first-order valence-electron chi connectivity index (χ1n) is 5.18. The molecule has 0 aliphatic carbocycles. The smallest absolute Gasteiger partial charge is 0.152 e. The summed E-state index contributed by atoms with van der Waals surface area (Å²) in [6, 6.07) is -0.474. The van der Waals surface area contributed by atoms with E-state index in [1.807, 2.05) is 27.7 Å². The Morgan fingerprint density at radius 3 is 1.93 bits per heavy atom. The number of nitrogens with two attached hydrogens (primary N) is 1. The number of rotatable bonds is 6. The Kier molecular flexibility index (Phi) is 5.62. The Morgan fingerprint density at radius 2 is 1.57 bits per heavy atom. The van der Waals surface area contributed by atoms with Crippen molar-refractivity contribution in [2.75, 3.05) is 0 Å². The highest BCUT2D eigenvalue weighted by atomic mass is 16.1. The SMILES string of the molecule is CC(C)C(=O)CCC(N)C(=O)C(C)C. The normalized spacial score (nSPS) is 13.4. The van der Waals surface area contributed by atoms with Crippen LogP contribution in [0.5, 0.6) is 0 Å². The zero-order valence-corrected chi connectivity index (χ0v) is 9.54. The molecule has 0 heterocycles. The van der Waals surface area contributed by atoms with Crippen LogP contribution in [0, 0.1) is 11.8 Å². The molecule has 82 valence electrons. The number of carbonyl (C=O) groups excluding carboxylic acids is 2. The van der Waals surface area contributed by atoms with E-state index in [1.165, 1.54) is 0 Å². The Bertz CT molecular complexity index is 209. The average molecular weight is 199 g/mol. The van der Waals surface area contributed by atoms with Crippen molar-refractivity contribution in [1.82, 2.24) is 0 Å². The molecule has 0 aromatic heterocycles. The van der Waals surface area contributed by atoms with Crippen LogP contribution in [0.2, 0.25) is 0 Å². The highest BCUT2D eigenvalue weighted by molar-refractivity contribution is 5.86. The maximum atomic E-state index is 11.4. The number of ketones is 2. The van der Waals surface area contributed by atoms with Gasteiger partial charge in [0.1, 0.15) is 5.78 Å². The summed E-state index contributed by atoms with van der Waals surface area (Å²) in [7, 11) is 0. The summed E-state index contributed by atoms with van der Waals surface area (Å²) in [5.74, 6) is 0.217. The summed E-state index contributed by atoms with van der Waals surface area (Å²) in [6.45, 7) is 7.37. The summed E-state index contributed by atoms with van der Waals surface area (Å²) in [6.07, 6.45) is 0.894. The first-order chi connectivity index (χ1) is 6.36. The van der Waals surface area contributed by atoms with Gasteiger partial charge in [-0.15, -0.1) is 0 Å². The fraction of sp³-hybridized carbons (Fsp3) is 0.818. The third-order valence-electron chi connectivity index (χ3n) is 2.28. The average Bonchev–Trinajstić information content (AvgIpc) is 2.11. The van der Waals surface area contributed by atoms with Crippen LogP contribution in [0.15, 0.2) is 0 Å². The van der Waals surface area contributed by atoms with Crippen LogP contribution < -0.4 is 5.73 Å². The van der Waals surface area contributed by atoms with Crippen LogP contribution in [0.25, 0.3) is 0 Å². The van der Waals surface area contributed by atoms with Gasteiger partial charge in [0.2, 0.25) is 0 Å². The van der Waals surface area contributed by atoms with Crippen molar-refractivity contribution in [2.45, 2.75) is 46.6 Å². The lowest BCUT2D eigenvalue weighted by molar-refractivity contribution is -0.124. The van der Waals surface area contributed by atoms with Crippen LogP contribution in [0.1, 0.15) is 40.5 Å². The molecule has 0 fully saturated rings. The second-order valence-electron chi connectivity index (χ2n) is 4.32. The van der Waals surface area contributed by atoms with Crippen molar-refractivity contribution >= 4 is 11.6 Å². The van der Waals surface area contributed by atoms with E-state index in [0.717, 1.165) is 0 Å². The number of carbonyl (C=O) groups is 2. The first kappa shape index (κ1) is 13.3. The lowest BCUT2D eigenvalue weighted by Gasteiger charge is -2.12. The quantitative estimate of drug-likeness (QED) is 0.706. The molecule has 0 saturated heterocycles. The van der Waals surface area contributed by atoms with Gasteiger partial charge in [-0.3, -0.25) is 9.59 Å².